The first-order chi connectivity index (χ1) is 10.1. The fourth-order valence-electron chi connectivity index (χ4n) is 3.24. The van der Waals surface area contributed by atoms with Crippen LogP contribution in [0.1, 0.15) is 6.42 Å². The molecule has 0 spiro atoms. The summed E-state index contributed by atoms with van der Waals surface area (Å²) in [6, 6.07) is 3.05. The van der Waals surface area contributed by atoms with E-state index in [1.165, 1.54) is 0 Å². The Bertz CT molecular complexity index is 538. The van der Waals surface area contributed by atoms with Crippen LogP contribution in [-0.2, 0) is 4.79 Å². The van der Waals surface area contributed by atoms with Crippen molar-refractivity contribution in [2.24, 2.45) is 11.8 Å². The lowest BCUT2D eigenvalue weighted by molar-refractivity contribution is -0.117. The summed E-state index contributed by atoms with van der Waals surface area (Å²) in [6.45, 7) is 4.05. The molecule has 1 aromatic carbocycles. The number of benzene rings is 1. The summed E-state index contributed by atoms with van der Waals surface area (Å²) in [6.07, 6.45) is 1.08. The lowest BCUT2D eigenvalue weighted by Crippen LogP contribution is -2.43. The minimum Gasteiger partial charge on any atom is -0.322 e. The van der Waals surface area contributed by atoms with Crippen molar-refractivity contribution in [1.29, 1.82) is 0 Å². The predicted molar refractivity (Wildman–Crippen MR) is 75.9 cm³/mol. The number of carbonyl (C=O) groups is 1. The van der Waals surface area contributed by atoms with Gasteiger partial charge in [-0.15, -0.1) is 0 Å². The van der Waals surface area contributed by atoms with Crippen LogP contribution >= 0.6 is 0 Å². The van der Waals surface area contributed by atoms with E-state index in [2.05, 4.69) is 15.5 Å². The summed E-state index contributed by atoms with van der Waals surface area (Å²) < 4.78 is 26.5. The van der Waals surface area contributed by atoms with E-state index in [-0.39, 0.29) is 18.1 Å². The molecule has 2 saturated heterocycles. The number of hydrogen-bond acceptors (Lipinski definition) is 3. The molecule has 2 aliphatic heterocycles. The summed E-state index contributed by atoms with van der Waals surface area (Å²) in [5.74, 6) is -0.181. The summed E-state index contributed by atoms with van der Waals surface area (Å²) in [4.78, 5) is 14.1. The quantitative estimate of drug-likeness (QED) is 0.887. The first-order valence-corrected chi connectivity index (χ1v) is 7.30. The van der Waals surface area contributed by atoms with Crippen LogP contribution in [0.15, 0.2) is 18.2 Å². The predicted octanol–water partition coefficient (Wildman–Crippen LogP) is 1.44. The molecule has 2 fully saturated rings. The SMILES string of the molecule is O=C(CN1CCC2CNCC2C1)Nc1cc(F)ccc1F. The first kappa shape index (κ1) is 14.4. The fourth-order valence-corrected chi connectivity index (χ4v) is 3.24. The first-order valence-electron chi connectivity index (χ1n) is 7.30. The molecule has 114 valence electrons. The van der Waals surface area contributed by atoms with E-state index < -0.39 is 11.6 Å². The van der Waals surface area contributed by atoms with Gasteiger partial charge in [-0.1, -0.05) is 0 Å². The molecule has 2 heterocycles. The smallest absolute Gasteiger partial charge is 0.238 e. The van der Waals surface area contributed by atoms with Gasteiger partial charge in [-0.25, -0.2) is 8.78 Å². The minimum atomic E-state index is -0.622. The van der Waals surface area contributed by atoms with Crippen molar-refractivity contribution in [3.05, 3.63) is 29.8 Å². The molecule has 2 aliphatic rings. The van der Waals surface area contributed by atoms with Crippen LogP contribution < -0.4 is 10.6 Å². The van der Waals surface area contributed by atoms with Gasteiger partial charge in [0.1, 0.15) is 11.6 Å². The number of halogens is 2. The Morgan fingerprint density at radius 3 is 3.00 bits per heavy atom. The largest absolute Gasteiger partial charge is 0.322 e. The van der Waals surface area contributed by atoms with E-state index in [0.717, 1.165) is 50.8 Å². The molecule has 0 aromatic heterocycles. The number of carbonyl (C=O) groups excluding carboxylic acids is 1. The van der Waals surface area contributed by atoms with Crippen LogP contribution in [0.4, 0.5) is 14.5 Å². The number of piperidine rings is 1. The molecule has 0 saturated carbocycles. The third kappa shape index (κ3) is 3.39. The molecule has 0 radical (unpaired) electrons. The summed E-state index contributed by atoms with van der Waals surface area (Å²) in [5.41, 5.74) is -0.0996. The highest BCUT2D eigenvalue weighted by Crippen LogP contribution is 2.26. The Kier molecular flexibility index (Phi) is 4.17. The number of anilines is 1. The van der Waals surface area contributed by atoms with E-state index in [4.69, 9.17) is 0 Å². The van der Waals surface area contributed by atoms with E-state index in [9.17, 15) is 13.6 Å². The zero-order valence-corrected chi connectivity index (χ0v) is 11.7. The fraction of sp³-hybridized carbons (Fsp3) is 0.533. The van der Waals surface area contributed by atoms with Crippen molar-refractivity contribution in [1.82, 2.24) is 10.2 Å². The summed E-state index contributed by atoms with van der Waals surface area (Å²) in [5, 5.41) is 5.82. The van der Waals surface area contributed by atoms with Gasteiger partial charge in [-0.05, 0) is 50.0 Å². The molecule has 21 heavy (non-hydrogen) atoms. The van der Waals surface area contributed by atoms with E-state index in [0.29, 0.717) is 11.8 Å². The third-order valence-corrected chi connectivity index (χ3v) is 4.36. The highest BCUT2D eigenvalue weighted by atomic mass is 19.1. The second kappa shape index (κ2) is 6.07. The van der Waals surface area contributed by atoms with Gasteiger partial charge < -0.3 is 10.6 Å². The van der Waals surface area contributed by atoms with Crippen molar-refractivity contribution in [3.8, 4) is 0 Å². The number of likely N-dealkylation sites (tertiary alicyclic amines) is 1. The maximum atomic E-state index is 13.5. The molecule has 3 rings (SSSR count). The van der Waals surface area contributed by atoms with Crippen molar-refractivity contribution in [2.75, 3.05) is 38.0 Å². The van der Waals surface area contributed by atoms with Gasteiger partial charge in [0.25, 0.3) is 0 Å². The number of hydrogen-bond donors (Lipinski definition) is 2. The Labute approximate surface area is 122 Å². The Balaban J connectivity index is 1.55. The summed E-state index contributed by atoms with van der Waals surface area (Å²) in [7, 11) is 0. The second-order valence-corrected chi connectivity index (χ2v) is 5.87. The number of rotatable bonds is 3. The number of fused-ring (bicyclic) bond motifs is 1. The maximum Gasteiger partial charge on any atom is 0.238 e. The maximum absolute atomic E-state index is 13.5. The molecule has 6 heteroatoms. The van der Waals surface area contributed by atoms with Crippen molar-refractivity contribution in [3.63, 3.8) is 0 Å². The third-order valence-electron chi connectivity index (χ3n) is 4.36. The van der Waals surface area contributed by atoms with Crippen molar-refractivity contribution in [2.45, 2.75) is 6.42 Å². The van der Waals surface area contributed by atoms with Gasteiger partial charge in [0, 0.05) is 12.6 Å². The second-order valence-electron chi connectivity index (χ2n) is 5.87. The molecule has 0 aliphatic carbocycles. The van der Waals surface area contributed by atoms with Crippen LogP contribution in [0.25, 0.3) is 0 Å². The number of amides is 1. The lowest BCUT2D eigenvalue weighted by Gasteiger charge is -2.33. The molecule has 1 aromatic rings. The van der Waals surface area contributed by atoms with Gasteiger partial charge in [0.2, 0.25) is 5.91 Å². The molecule has 2 N–H and O–H groups in total. The minimum absolute atomic E-state index is 0.0996. The topological polar surface area (TPSA) is 44.4 Å². The van der Waals surface area contributed by atoms with E-state index in [1.807, 2.05) is 0 Å². The number of nitrogens with one attached hydrogen (secondary N) is 2. The normalized spacial score (nSPS) is 25.6. The van der Waals surface area contributed by atoms with Gasteiger partial charge in [-0.2, -0.15) is 0 Å². The van der Waals surface area contributed by atoms with Crippen LogP contribution in [0, 0.1) is 23.5 Å². The van der Waals surface area contributed by atoms with Crippen LogP contribution in [-0.4, -0.2) is 43.5 Å². The van der Waals surface area contributed by atoms with E-state index >= 15 is 0 Å². The Hall–Kier alpha value is -1.53. The van der Waals surface area contributed by atoms with Crippen molar-refractivity contribution >= 4 is 11.6 Å². The van der Waals surface area contributed by atoms with Crippen LogP contribution in [0.3, 0.4) is 0 Å². The molecular formula is C15H19F2N3O. The van der Waals surface area contributed by atoms with Crippen LogP contribution in [0.5, 0.6) is 0 Å². The van der Waals surface area contributed by atoms with Crippen LogP contribution in [0.2, 0.25) is 0 Å². The molecule has 1 amide bonds. The van der Waals surface area contributed by atoms with Gasteiger partial charge in [0.05, 0.1) is 12.2 Å². The molecule has 0 bridgehead atoms. The zero-order valence-electron chi connectivity index (χ0n) is 11.7. The zero-order chi connectivity index (χ0) is 14.8. The van der Waals surface area contributed by atoms with Gasteiger partial charge in [0.15, 0.2) is 0 Å². The monoisotopic (exact) mass is 295 g/mol. The summed E-state index contributed by atoms with van der Waals surface area (Å²) >= 11 is 0. The van der Waals surface area contributed by atoms with Gasteiger partial charge in [-0.3, -0.25) is 9.69 Å². The molecular weight excluding hydrogens is 276 g/mol. The lowest BCUT2D eigenvalue weighted by atomic mass is 9.89. The molecule has 2 atom stereocenters. The van der Waals surface area contributed by atoms with E-state index in [1.54, 1.807) is 0 Å². The average molecular weight is 295 g/mol. The number of nitrogens with zero attached hydrogens (tertiary/aromatic N) is 1. The molecule has 2 unspecified atom stereocenters. The molecule has 4 nitrogen and oxygen atoms in total. The van der Waals surface area contributed by atoms with Gasteiger partial charge >= 0.3 is 0 Å². The Morgan fingerprint density at radius 2 is 2.14 bits per heavy atom. The average Bonchev–Trinajstić information content (AvgIpc) is 2.90. The highest BCUT2D eigenvalue weighted by Gasteiger charge is 2.33. The highest BCUT2D eigenvalue weighted by molar-refractivity contribution is 5.92. The standard InChI is InChI=1S/C15H19F2N3O/c16-12-1-2-13(17)14(5-12)19-15(21)9-20-4-3-10-6-18-7-11(10)8-20/h1-2,5,10-11,18H,3-4,6-9H2,(H,19,21). The Morgan fingerprint density at radius 1 is 1.33 bits per heavy atom. The van der Waals surface area contributed by atoms with Crippen molar-refractivity contribution < 1.29 is 13.6 Å².